The Morgan fingerprint density at radius 3 is 2.47 bits per heavy atom. The maximum Gasteiger partial charge on any atom is 0.289 e. The summed E-state index contributed by atoms with van der Waals surface area (Å²) >= 11 is 0. The normalized spacial score (nSPS) is 17.7. The zero-order valence-electron chi connectivity index (χ0n) is 9.94. The minimum Gasteiger partial charge on any atom is -0.369 e. The Balaban J connectivity index is 2.30. The van der Waals surface area contributed by atoms with Gasteiger partial charge in [-0.2, -0.15) is 5.26 Å². The zero-order chi connectivity index (χ0) is 14.0. The summed E-state index contributed by atoms with van der Waals surface area (Å²) in [5.41, 5.74) is 0.312. The largest absolute Gasteiger partial charge is 0.369 e. The molecule has 19 heavy (non-hydrogen) atoms. The molecule has 1 aromatic rings. The number of hydrogen-bond donors (Lipinski definition) is 0. The second-order valence-electron chi connectivity index (χ2n) is 4.21. The van der Waals surface area contributed by atoms with Crippen LogP contribution in [0.4, 0.5) is 11.4 Å². The molecule has 100 valence electrons. The number of anilines is 1. The number of nitrogens with zero attached hydrogens (tertiary/aromatic N) is 3. The van der Waals surface area contributed by atoms with Crippen LogP contribution in [-0.4, -0.2) is 37.9 Å². The molecule has 0 radical (unpaired) electrons. The van der Waals surface area contributed by atoms with E-state index in [2.05, 4.69) is 0 Å². The molecule has 1 heterocycles. The van der Waals surface area contributed by atoms with Crippen LogP contribution >= 0.6 is 0 Å². The third kappa shape index (κ3) is 2.82. The maximum absolute atomic E-state index is 11.3. The van der Waals surface area contributed by atoms with Crippen LogP contribution in [0.15, 0.2) is 18.2 Å². The van der Waals surface area contributed by atoms with Gasteiger partial charge >= 0.3 is 0 Å². The Labute approximate surface area is 110 Å². The fraction of sp³-hybridized carbons (Fsp3) is 0.364. The zero-order valence-corrected chi connectivity index (χ0v) is 10.8. The van der Waals surface area contributed by atoms with Crippen molar-refractivity contribution in [3.63, 3.8) is 0 Å². The second-order valence-corrected chi connectivity index (χ2v) is 6.51. The van der Waals surface area contributed by atoms with Gasteiger partial charge < -0.3 is 4.90 Å². The molecule has 8 heteroatoms. The SMILES string of the molecule is N#Cc1ccc(N2CCS(=O)(=O)CC2)cc1[N+](=O)[O-]. The summed E-state index contributed by atoms with van der Waals surface area (Å²) in [4.78, 5) is 12.0. The van der Waals surface area contributed by atoms with Gasteiger partial charge in [-0.3, -0.25) is 10.1 Å². The summed E-state index contributed by atoms with van der Waals surface area (Å²) in [6.07, 6.45) is 0. The summed E-state index contributed by atoms with van der Waals surface area (Å²) in [6.45, 7) is 0.622. The Kier molecular flexibility index (Phi) is 3.40. The lowest BCUT2D eigenvalue weighted by Gasteiger charge is -2.28. The molecule has 1 fully saturated rings. The fourth-order valence-electron chi connectivity index (χ4n) is 1.93. The van der Waals surface area contributed by atoms with E-state index in [1.807, 2.05) is 0 Å². The maximum atomic E-state index is 11.3. The van der Waals surface area contributed by atoms with Crippen LogP contribution in [0.5, 0.6) is 0 Å². The predicted octanol–water partition coefficient (Wildman–Crippen LogP) is 0.701. The van der Waals surface area contributed by atoms with Crippen LogP contribution < -0.4 is 4.90 Å². The van der Waals surface area contributed by atoms with Crippen molar-refractivity contribution in [1.29, 1.82) is 5.26 Å². The number of benzene rings is 1. The summed E-state index contributed by atoms with van der Waals surface area (Å²) in [6, 6.07) is 6.07. The second kappa shape index (κ2) is 4.85. The molecule has 1 saturated heterocycles. The van der Waals surface area contributed by atoms with Gasteiger partial charge in [0.25, 0.3) is 5.69 Å². The molecular formula is C11H11N3O4S. The Morgan fingerprint density at radius 1 is 1.32 bits per heavy atom. The van der Waals surface area contributed by atoms with Crippen molar-refractivity contribution in [2.45, 2.75) is 0 Å². The van der Waals surface area contributed by atoms with Gasteiger partial charge in [-0.15, -0.1) is 0 Å². The summed E-state index contributed by atoms with van der Waals surface area (Å²) in [5, 5.41) is 19.6. The minimum absolute atomic E-state index is 0.00150. The van der Waals surface area contributed by atoms with Gasteiger partial charge in [-0.1, -0.05) is 0 Å². The lowest BCUT2D eigenvalue weighted by molar-refractivity contribution is -0.385. The highest BCUT2D eigenvalue weighted by atomic mass is 32.2. The molecule has 0 aromatic heterocycles. The van der Waals surface area contributed by atoms with Crippen molar-refractivity contribution in [3.05, 3.63) is 33.9 Å². The third-order valence-corrected chi connectivity index (χ3v) is 4.62. The predicted molar refractivity (Wildman–Crippen MR) is 68.7 cm³/mol. The average Bonchev–Trinajstić information content (AvgIpc) is 2.38. The highest BCUT2D eigenvalue weighted by Crippen LogP contribution is 2.26. The van der Waals surface area contributed by atoms with E-state index >= 15 is 0 Å². The molecule has 0 amide bonds. The number of nitro benzene ring substituents is 1. The summed E-state index contributed by atoms with van der Waals surface area (Å²) in [5.74, 6) is 0.0849. The number of rotatable bonds is 2. The molecule has 0 saturated carbocycles. The first-order valence-corrected chi connectivity index (χ1v) is 7.39. The van der Waals surface area contributed by atoms with Crippen LogP contribution in [0.1, 0.15) is 5.56 Å². The Bertz CT molecular complexity index is 649. The smallest absolute Gasteiger partial charge is 0.289 e. The van der Waals surface area contributed by atoms with E-state index in [0.717, 1.165) is 0 Å². The van der Waals surface area contributed by atoms with Gasteiger partial charge in [0, 0.05) is 24.8 Å². The van der Waals surface area contributed by atoms with Crippen molar-refractivity contribution in [2.24, 2.45) is 0 Å². The molecule has 0 N–H and O–H groups in total. The monoisotopic (exact) mass is 281 g/mol. The van der Waals surface area contributed by atoms with E-state index in [1.54, 1.807) is 17.0 Å². The molecule has 7 nitrogen and oxygen atoms in total. The van der Waals surface area contributed by atoms with Gasteiger partial charge in [0.2, 0.25) is 0 Å². The quantitative estimate of drug-likeness (QED) is 0.583. The molecule has 2 rings (SSSR count). The Hall–Kier alpha value is -2.14. The van der Waals surface area contributed by atoms with Crippen LogP contribution in [0, 0.1) is 21.4 Å². The molecule has 0 bridgehead atoms. The van der Waals surface area contributed by atoms with Gasteiger partial charge in [0.05, 0.1) is 16.4 Å². The van der Waals surface area contributed by atoms with Crippen molar-refractivity contribution < 1.29 is 13.3 Å². The number of hydrogen-bond acceptors (Lipinski definition) is 6. The first-order valence-electron chi connectivity index (χ1n) is 5.57. The molecular weight excluding hydrogens is 270 g/mol. The number of nitro groups is 1. The van der Waals surface area contributed by atoms with Gasteiger partial charge in [-0.05, 0) is 12.1 Å². The molecule has 0 atom stereocenters. The van der Waals surface area contributed by atoms with Crippen molar-refractivity contribution in [1.82, 2.24) is 0 Å². The highest BCUT2D eigenvalue weighted by molar-refractivity contribution is 7.91. The minimum atomic E-state index is -2.99. The lowest BCUT2D eigenvalue weighted by Crippen LogP contribution is -2.40. The van der Waals surface area contributed by atoms with Crippen LogP contribution in [0.2, 0.25) is 0 Å². The van der Waals surface area contributed by atoms with Crippen molar-refractivity contribution in [2.75, 3.05) is 29.5 Å². The first kappa shape index (κ1) is 13.3. The van der Waals surface area contributed by atoms with Crippen LogP contribution in [-0.2, 0) is 9.84 Å². The highest BCUT2D eigenvalue weighted by Gasteiger charge is 2.23. The van der Waals surface area contributed by atoms with Crippen molar-refractivity contribution >= 4 is 21.2 Å². The molecule has 1 aromatic carbocycles. The van der Waals surface area contributed by atoms with Gasteiger partial charge in [0.1, 0.15) is 11.6 Å². The third-order valence-electron chi connectivity index (χ3n) is 3.01. The summed E-state index contributed by atoms with van der Waals surface area (Å²) < 4.78 is 22.7. The van der Waals surface area contributed by atoms with E-state index in [-0.39, 0.29) is 22.8 Å². The van der Waals surface area contributed by atoms with E-state index in [9.17, 15) is 18.5 Å². The van der Waals surface area contributed by atoms with Crippen LogP contribution in [0.3, 0.4) is 0 Å². The molecule has 1 aliphatic heterocycles. The number of nitriles is 1. The van der Waals surface area contributed by atoms with E-state index in [1.165, 1.54) is 12.1 Å². The number of sulfone groups is 1. The Morgan fingerprint density at radius 2 is 1.95 bits per heavy atom. The fourth-order valence-corrected chi connectivity index (χ4v) is 3.13. The lowest BCUT2D eigenvalue weighted by atomic mass is 10.1. The van der Waals surface area contributed by atoms with Crippen LogP contribution in [0.25, 0.3) is 0 Å². The summed E-state index contributed by atoms with van der Waals surface area (Å²) in [7, 11) is -2.99. The van der Waals surface area contributed by atoms with E-state index in [4.69, 9.17) is 5.26 Å². The van der Waals surface area contributed by atoms with E-state index < -0.39 is 14.8 Å². The average molecular weight is 281 g/mol. The standard InChI is InChI=1S/C11H11N3O4S/c12-8-9-1-2-10(7-11(9)14(15)16)13-3-5-19(17,18)6-4-13/h1-2,7H,3-6H2. The molecule has 0 spiro atoms. The van der Waals surface area contributed by atoms with Gasteiger partial charge in [0.15, 0.2) is 9.84 Å². The molecule has 0 unspecified atom stereocenters. The first-order chi connectivity index (χ1) is 8.93. The van der Waals surface area contributed by atoms with Gasteiger partial charge in [-0.25, -0.2) is 8.42 Å². The topological polar surface area (TPSA) is 104 Å². The molecule has 1 aliphatic rings. The van der Waals surface area contributed by atoms with E-state index in [0.29, 0.717) is 18.8 Å². The molecule has 0 aliphatic carbocycles. The van der Waals surface area contributed by atoms with Crippen molar-refractivity contribution in [3.8, 4) is 6.07 Å².